The van der Waals surface area contributed by atoms with E-state index in [9.17, 15) is 0 Å². The highest BCUT2D eigenvalue weighted by molar-refractivity contribution is 5.33. The van der Waals surface area contributed by atoms with Crippen molar-refractivity contribution in [3.8, 4) is 0 Å². The molecule has 1 saturated carbocycles. The van der Waals surface area contributed by atoms with Crippen LogP contribution < -0.4 is 10.6 Å². The third-order valence-electron chi connectivity index (χ3n) is 3.13. The molecule has 0 amide bonds. The van der Waals surface area contributed by atoms with Gasteiger partial charge in [-0.1, -0.05) is 0 Å². The van der Waals surface area contributed by atoms with Gasteiger partial charge in [-0.05, 0) is 32.6 Å². The predicted octanol–water partition coefficient (Wildman–Crippen LogP) is 1.48. The maximum atomic E-state index is 5.61. The Morgan fingerprint density at radius 3 is 2.75 bits per heavy atom. The summed E-state index contributed by atoms with van der Waals surface area (Å²) in [5, 5.41) is 0. The minimum absolute atomic E-state index is 0.515. The van der Waals surface area contributed by atoms with Crippen LogP contribution in [0.3, 0.4) is 0 Å². The number of nitrogens with zero attached hydrogens (tertiary/aromatic N) is 3. The SMILES string of the molecule is CCN(CC1CC1)c1ncc(CN)c(C)n1. The molecule has 16 heavy (non-hydrogen) atoms. The van der Waals surface area contributed by atoms with Crippen LogP contribution in [0.4, 0.5) is 5.95 Å². The van der Waals surface area contributed by atoms with E-state index < -0.39 is 0 Å². The van der Waals surface area contributed by atoms with Crippen LogP contribution in [0, 0.1) is 12.8 Å². The third-order valence-corrected chi connectivity index (χ3v) is 3.13. The number of hydrogen-bond acceptors (Lipinski definition) is 4. The van der Waals surface area contributed by atoms with Crippen LogP contribution in [0.5, 0.6) is 0 Å². The van der Waals surface area contributed by atoms with Crippen molar-refractivity contribution in [2.24, 2.45) is 11.7 Å². The van der Waals surface area contributed by atoms with Crippen molar-refractivity contribution in [1.82, 2.24) is 9.97 Å². The predicted molar refractivity (Wildman–Crippen MR) is 65.3 cm³/mol. The van der Waals surface area contributed by atoms with E-state index in [4.69, 9.17) is 5.73 Å². The zero-order valence-electron chi connectivity index (χ0n) is 10.1. The molecular weight excluding hydrogens is 200 g/mol. The number of nitrogens with two attached hydrogens (primary N) is 1. The second-order valence-corrected chi connectivity index (χ2v) is 4.47. The van der Waals surface area contributed by atoms with Gasteiger partial charge in [-0.2, -0.15) is 0 Å². The Hall–Kier alpha value is -1.16. The maximum Gasteiger partial charge on any atom is 0.225 e. The number of aryl methyl sites for hydroxylation is 1. The lowest BCUT2D eigenvalue weighted by molar-refractivity contribution is 0.715. The van der Waals surface area contributed by atoms with Crippen LogP contribution in [0.2, 0.25) is 0 Å². The molecule has 1 aliphatic rings. The molecule has 0 unspecified atom stereocenters. The van der Waals surface area contributed by atoms with Gasteiger partial charge in [0.1, 0.15) is 0 Å². The Kier molecular flexibility index (Phi) is 3.39. The molecule has 0 atom stereocenters. The number of rotatable bonds is 5. The molecule has 4 nitrogen and oxygen atoms in total. The van der Waals surface area contributed by atoms with Gasteiger partial charge in [-0.15, -0.1) is 0 Å². The molecule has 2 rings (SSSR count). The standard InChI is InChI=1S/C12H20N4/c1-3-16(8-10-4-5-10)12-14-7-11(6-13)9(2)15-12/h7,10H,3-6,8,13H2,1-2H3. The average Bonchev–Trinajstić information content (AvgIpc) is 3.09. The molecule has 0 aliphatic heterocycles. The summed E-state index contributed by atoms with van der Waals surface area (Å²) < 4.78 is 0. The smallest absolute Gasteiger partial charge is 0.225 e. The van der Waals surface area contributed by atoms with Crippen LogP contribution in [0.15, 0.2) is 6.20 Å². The van der Waals surface area contributed by atoms with Crippen LogP contribution >= 0.6 is 0 Å². The molecule has 1 aromatic rings. The Morgan fingerprint density at radius 2 is 2.25 bits per heavy atom. The molecule has 1 fully saturated rings. The zero-order valence-corrected chi connectivity index (χ0v) is 10.1. The Balaban J connectivity index is 2.13. The van der Waals surface area contributed by atoms with Gasteiger partial charge in [0, 0.05) is 37.1 Å². The number of hydrogen-bond donors (Lipinski definition) is 1. The lowest BCUT2D eigenvalue weighted by Crippen LogP contribution is -2.27. The lowest BCUT2D eigenvalue weighted by atomic mass is 10.2. The fourth-order valence-electron chi connectivity index (χ4n) is 1.80. The third kappa shape index (κ3) is 2.50. The van der Waals surface area contributed by atoms with Gasteiger partial charge in [-0.3, -0.25) is 0 Å². The van der Waals surface area contributed by atoms with Crippen molar-refractivity contribution in [2.75, 3.05) is 18.0 Å². The Labute approximate surface area is 96.9 Å². The summed E-state index contributed by atoms with van der Waals surface area (Å²) in [6.07, 6.45) is 4.57. The zero-order chi connectivity index (χ0) is 11.5. The normalized spacial score (nSPS) is 15.2. The van der Waals surface area contributed by atoms with E-state index in [1.807, 2.05) is 13.1 Å². The molecule has 0 spiro atoms. The summed E-state index contributed by atoms with van der Waals surface area (Å²) in [6, 6.07) is 0. The Bertz CT molecular complexity index is 360. The summed E-state index contributed by atoms with van der Waals surface area (Å²) in [4.78, 5) is 11.2. The van der Waals surface area contributed by atoms with Gasteiger partial charge in [0.25, 0.3) is 0 Å². The van der Waals surface area contributed by atoms with Crippen molar-refractivity contribution < 1.29 is 0 Å². The second-order valence-electron chi connectivity index (χ2n) is 4.47. The van der Waals surface area contributed by atoms with E-state index in [2.05, 4.69) is 21.8 Å². The van der Waals surface area contributed by atoms with Crippen LogP contribution in [0.1, 0.15) is 31.0 Å². The van der Waals surface area contributed by atoms with Gasteiger partial charge in [0.15, 0.2) is 0 Å². The first kappa shape index (κ1) is 11.3. The van der Waals surface area contributed by atoms with Gasteiger partial charge in [0.2, 0.25) is 5.95 Å². The summed E-state index contributed by atoms with van der Waals surface area (Å²) in [6.45, 7) is 6.73. The van der Waals surface area contributed by atoms with Gasteiger partial charge >= 0.3 is 0 Å². The minimum Gasteiger partial charge on any atom is -0.341 e. The summed E-state index contributed by atoms with van der Waals surface area (Å²) in [5.74, 6) is 1.71. The van der Waals surface area contributed by atoms with E-state index in [-0.39, 0.29) is 0 Å². The highest BCUT2D eigenvalue weighted by Crippen LogP contribution is 2.30. The largest absolute Gasteiger partial charge is 0.341 e. The molecule has 88 valence electrons. The molecule has 0 radical (unpaired) electrons. The van der Waals surface area contributed by atoms with Crippen molar-refractivity contribution in [3.05, 3.63) is 17.5 Å². The van der Waals surface area contributed by atoms with E-state index in [0.717, 1.165) is 36.2 Å². The minimum atomic E-state index is 0.515. The summed E-state index contributed by atoms with van der Waals surface area (Å²) >= 11 is 0. The van der Waals surface area contributed by atoms with Crippen LogP contribution in [0.25, 0.3) is 0 Å². The van der Waals surface area contributed by atoms with Gasteiger partial charge < -0.3 is 10.6 Å². The molecule has 1 aliphatic carbocycles. The van der Waals surface area contributed by atoms with Crippen molar-refractivity contribution >= 4 is 5.95 Å². The quantitative estimate of drug-likeness (QED) is 0.816. The highest BCUT2D eigenvalue weighted by Gasteiger charge is 2.24. The van der Waals surface area contributed by atoms with Crippen LogP contribution in [-0.4, -0.2) is 23.1 Å². The van der Waals surface area contributed by atoms with Crippen molar-refractivity contribution in [2.45, 2.75) is 33.2 Å². The van der Waals surface area contributed by atoms with E-state index in [1.54, 1.807) is 0 Å². The fraction of sp³-hybridized carbons (Fsp3) is 0.667. The lowest BCUT2D eigenvalue weighted by Gasteiger charge is -2.21. The van der Waals surface area contributed by atoms with Crippen LogP contribution in [-0.2, 0) is 6.54 Å². The topological polar surface area (TPSA) is 55.0 Å². The molecular formula is C12H20N4. The highest BCUT2D eigenvalue weighted by atomic mass is 15.2. The molecule has 4 heteroatoms. The maximum absolute atomic E-state index is 5.61. The van der Waals surface area contributed by atoms with Crippen molar-refractivity contribution in [3.63, 3.8) is 0 Å². The number of anilines is 1. The monoisotopic (exact) mass is 220 g/mol. The summed E-state index contributed by atoms with van der Waals surface area (Å²) in [7, 11) is 0. The first-order valence-electron chi connectivity index (χ1n) is 6.02. The first-order valence-corrected chi connectivity index (χ1v) is 6.02. The molecule has 1 heterocycles. The second kappa shape index (κ2) is 4.78. The fourth-order valence-corrected chi connectivity index (χ4v) is 1.80. The molecule has 0 aromatic carbocycles. The average molecular weight is 220 g/mol. The molecule has 1 aromatic heterocycles. The van der Waals surface area contributed by atoms with Crippen molar-refractivity contribution in [1.29, 1.82) is 0 Å². The summed E-state index contributed by atoms with van der Waals surface area (Å²) in [5.41, 5.74) is 7.64. The van der Waals surface area contributed by atoms with E-state index in [1.165, 1.54) is 12.8 Å². The van der Waals surface area contributed by atoms with E-state index >= 15 is 0 Å². The van der Waals surface area contributed by atoms with E-state index in [0.29, 0.717) is 6.54 Å². The molecule has 2 N–H and O–H groups in total. The Morgan fingerprint density at radius 1 is 1.50 bits per heavy atom. The first-order chi connectivity index (χ1) is 7.74. The van der Waals surface area contributed by atoms with Gasteiger partial charge in [-0.25, -0.2) is 9.97 Å². The van der Waals surface area contributed by atoms with Gasteiger partial charge in [0.05, 0.1) is 0 Å². The molecule has 0 bridgehead atoms. The molecule has 0 saturated heterocycles. The number of aromatic nitrogens is 2.